The number of hydrogen-bond acceptors (Lipinski definition) is 2. The number of benzene rings is 2. The lowest BCUT2D eigenvalue weighted by atomic mass is 10.0. The standard InChI is InChI=1S/C19H22O2S/c20-22(15-17-10-12-21-13-11-17)14-16-6-8-19(9-7-16)18-4-2-1-3-5-18/h1-9,17H,10-15H2/t22-/m0/s1. The molecule has 1 fully saturated rings. The first-order valence-corrected chi connectivity index (χ1v) is 9.37. The molecule has 2 aromatic carbocycles. The van der Waals surface area contributed by atoms with Gasteiger partial charge in [0.1, 0.15) is 0 Å². The molecule has 0 aromatic heterocycles. The molecule has 3 rings (SSSR count). The Balaban J connectivity index is 1.57. The molecule has 1 aliphatic heterocycles. The molecule has 0 saturated carbocycles. The van der Waals surface area contributed by atoms with Gasteiger partial charge in [-0.05, 0) is 35.4 Å². The van der Waals surface area contributed by atoms with Crippen molar-refractivity contribution in [1.29, 1.82) is 0 Å². The van der Waals surface area contributed by atoms with Crippen LogP contribution in [0.15, 0.2) is 54.6 Å². The second-order valence-electron chi connectivity index (χ2n) is 5.87. The highest BCUT2D eigenvalue weighted by atomic mass is 32.2. The van der Waals surface area contributed by atoms with Crippen LogP contribution in [0.4, 0.5) is 0 Å². The highest BCUT2D eigenvalue weighted by Crippen LogP contribution is 2.21. The Morgan fingerprint density at radius 3 is 2.23 bits per heavy atom. The van der Waals surface area contributed by atoms with Crippen LogP contribution in [0.25, 0.3) is 11.1 Å². The second-order valence-corrected chi connectivity index (χ2v) is 7.37. The zero-order chi connectivity index (χ0) is 15.2. The van der Waals surface area contributed by atoms with Gasteiger partial charge in [0, 0.05) is 35.5 Å². The summed E-state index contributed by atoms with van der Waals surface area (Å²) < 4.78 is 17.7. The largest absolute Gasteiger partial charge is 0.381 e. The van der Waals surface area contributed by atoms with Gasteiger partial charge in [-0.3, -0.25) is 4.21 Å². The van der Waals surface area contributed by atoms with Crippen LogP contribution in [-0.4, -0.2) is 23.2 Å². The summed E-state index contributed by atoms with van der Waals surface area (Å²) in [4.78, 5) is 0. The quantitative estimate of drug-likeness (QED) is 0.833. The molecule has 0 unspecified atom stereocenters. The van der Waals surface area contributed by atoms with Crippen LogP contribution in [0.5, 0.6) is 0 Å². The molecule has 0 aliphatic carbocycles. The predicted octanol–water partition coefficient (Wildman–Crippen LogP) is 4.03. The van der Waals surface area contributed by atoms with Gasteiger partial charge in [-0.1, -0.05) is 54.6 Å². The molecule has 1 atom stereocenters. The average molecular weight is 314 g/mol. The average Bonchev–Trinajstić information content (AvgIpc) is 2.57. The Labute approximate surface area is 135 Å². The summed E-state index contributed by atoms with van der Waals surface area (Å²) in [6, 6.07) is 18.8. The van der Waals surface area contributed by atoms with Crippen LogP contribution < -0.4 is 0 Å². The SMILES string of the molecule is O=[S@@](Cc1ccc(-c2ccccc2)cc1)CC1CCOCC1. The van der Waals surface area contributed by atoms with Crippen molar-refractivity contribution in [3.63, 3.8) is 0 Å². The topological polar surface area (TPSA) is 26.3 Å². The number of ether oxygens (including phenoxy) is 1. The first-order valence-electron chi connectivity index (χ1n) is 7.88. The summed E-state index contributed by atoms with van der Waals surface area (Å²) in [7, 11) is -0.775. The predicted molar refractivity (Wildman–Crippen MR) is 92.1 cm³/mol. The van der Waals surface area contributed by atoms with Crippen molar-refractivity contribution >= 4 is 10.8 Å². The molecule has 22 heavy (non-hydrogen) atoms. The zero-order valence-corrected chi connectivity index (χ0v) is 13.6. The molecule has 2 aromatic rings. The molecule has 1 aliphatic rings. The highest BCUT2D eigenvalue weighted by Gasteiger charge is 2.16. The van der Waals surface area contributed by atoms with E-state index in [-0.39, 0.29) is 0 Å². The van der Waals surface area contributed by atoms with Crippen molar-refractivity contribution in [3.05, 3.63) is 60.2 Å². The van der Waals surface area contributed by atoms with Gasteiger partial charge >= 0.3 is 0 Å². The van der Waals surface area contributed by atoms with E-state index < -0.39 is 10.8 Å². The molecular weight excluding hydrogens is 292 g/mol. The Morgan fingerprint density at radius 2 is 1.55 bits per heavy atom. The van der Waals surface area contributed by atoms with Crippen LogP contribution in [0.1, 0.15) is 18.4 Å². The Bertz CT molecular complexity index is 601. The molecular formula is C19H22O2S. The lowest BCUT2D eigenvalue weighted by Gasteiger charge is -2.21. The third-order valence-electron chi connectivity index (χ3n) is 4.15. The van der Waals surface area contributed by atoms with Crippen LogP contribution >= 0.6 is 0 Å². The van der Waals surface area contributed by atoms with Gasteiger partial charge in [-0.25, -0.2) is 0 Å². The van der Waals surface area contributed by atoms with E-state index in [0.29, 0.717) is 11.7 Å². The maximum Gasteiger partial charge on any atom is 0.0485 e. The third kappa shape index (κ3) is 4.28. The van der Waals surface area contributed by atoms with Crippen LogP contribution in [0, 0.1) is 5.92 Å². The van der Waals surface area contributed by atoms with Crippen molar-refractivity contribution < 1.29 is 8.95 Å². The lowest BCUT2D eigenvalue weighted by Crippen LogP contribution is -2.21. The normalized spacial score (nSPS) is 17.3. The van der Waals surface area contributed by atoms with E-state index >= 15 is 0 Å². The molecule has 3 heteroatoms. The van der Waals surface area contributed by atoms with E-state index in [1.54, 1.807) is 0 Å². The number of rotatable bonds is 5. The van der Waals surface area contributed by atoms with Gasteiger partial charge in [0.05, 0.1) is 0 Å². The smallest absolute Gasteiger partial charge is 0.0485 e. The summed E-state index contributed by atoms with van der Waals surface area (Å²) in [5, 5.41) is 0. The minimum Gasteiger partial charge on any atom is -0.381 e. The van der Waals surface area contributed by atoms with Crippen molar-refractivity contribution in [2.24, 2.45) is 5.92 Å². The van der Waals surface area contributed by atoms with Gasteiger partial charge in [0.2, 0.25) is 0 Å². The maximum absolute atomic E-state index is 12.3. The van der Waals surface area contributed by atoms with Crippen LogP contribution in [-0.2, 0) is 21.3 Å². The Kier molecular flexibility index (Phi) is 5.41. The second kappa shape index (κ2) is 7.70. The van der Waals surface area contributed by atoms with Crippen molar-refractivity contribution in [1.82, 2.24) is 0 Å². The van der Waals surface area contributed by atoms with E-state index in [1.807, 2.05) is 18.2 Å². The zero-order valence-electron chi connectivity index (χ0n) is 12.7. The molecule has 0 bridgehead atoms. The molecule has 0 N–H and O–H groups in total. The van der Waals surface area contributed by atoms with Gasteiger partial charge in [0.25, 0.3) is 0 Å². The lowest BCUT2D eigenvalue weighted by molar-refractivity contribution is 0.0725. The van der Waals surface area contributed by atoms with Crippen LogP contribution in [0.2, 0.25) is 0 Å². The first-order chi connectivity index (χ1) is 10.8. The summed E-state index contributed by atoms with van der Waals surface area (Å²) in [5.41, 5.74) is 3.59. The minimum atomic E-state index is -0.775. The minimum absolute atomic E-state index is 0.568. The molecule has 0 radical (unpaired) electrons. The van der Waals surface area contributed by atoms with E-state index in [2.05, 4.69) is 36.4 Å². The molecule has 116 valence electrons. The summed E-state index contributed by atoms with van der Waals surface area (Å²) in [6.07, 6.45) is 2.11. The van der Waals surface area contributed by atoms with Crippen LogP contribution in [0.3, 0.4) is 0 Å². The van der Waals surface area contributed by atoms with Gasteiger partial charge in [-0.2, -0.15) is 0 Å². The summed E-state index contributed by atoms with van der Waals surface area (Å²) in [5.74, 6) is 2.04. The number of hydrogen-bond donors (Lipinski definition) is 0. The van der Waals surface area contributed by atoms with E-state index in [0.717, 1.165) is 37.4 Å². The first kappa shape index (κ1) is 15.4. The summed E-state index contributed by atoms with van der Waals surface area (Å²) >= 11 is 0. The highest BCUT2D eigenvalue weighted by molar-refractivity contribution is 7.84. The van der Waals surface area contributed by atoms with Gasteiger partial charge in [0.15, 0.2) is 0 Å². The van der Waals surface area contributed by atoms with E-state index in [1.165, 1.54) is 11.1 Å². The Morgan fingerprint density at radius 1 is 0.909 bits per heavy atom. The van der Waals surface area contributed by atoms with E-state index in [9.17, 15) is 4.21 Å². The third-order valence-corrected chi connectivity index (χ3v) is 5.65. The van der Waals surface area contributed by atoms with Gasteiger partial charge < -0.3 is 4.74 Å². The molecule has 0 amide bonds. The fourth-order valence-corrected chi connectivity index (χ4v) is 4.39. The molecule has 0 spiro atoms. The van der Waals surface area contributed by atoms with E-state index in [4.69, 9.17) is 4.74 Å². The molecule has 1 heterocycles. The van der Waals surface area contributed by atoms with Gasteiger partial charge in [-0.15, -0.1) is 0 Å². The maximum atomic E-state index is 12.3. The van der Waals surface area contributed by atoms with Crippen molar-refractivity contribution in [3.8, 4) is 11.1 Å². The molecule has 2 nitrogen and oxygen atoms in total. The monoisotopic (exact) mass is 314 g/mol. The molecule has 1 saturated heterocycles. The fourth-order valence-electron chi connectivity index (χ4n) is 2.84. The van der Waals surface area contributed by atoms with Crippen molar-refractivity contribution in [2.75, 3.05) is 19.0 Å². The Hall–Kier alpha value is -1.45. The fraction of sp³-hybridized carbons (Fsp3) is 0.368. The van der Waals surface area contributed by atoms with Crippen molar-refractivity contribution in [2.45, 2.75) is 18.6 Å². The summed E-state index contributed by atoms with van der Waals surface area (Å²) in [6.45, 7) is 1.65.